The van der Waals surface area contributed by atoms with Crippen LogP contribution >= 0.6 is 0 Å². The van der Waals surface area contributed by atoms with Crippen LogP contribution in [0.25, 0.3) is 0 Å². The molecule has 0 aliphatic carbocycles. The first-order chi connectivity index (χ1) is 9.79. The normalized spacial score (nSPS) is 11.8. The molecule has 0 aliphatic heterocycles. The SMILES string of the molecule is C=CCOc1ccc(CN[C@@H](C)c2ccccc2)cc1. The summed E-state index contributed by atoms with van der Waals surface area (Å²) in [6, 6.07) is 19.0. The van der Waals surface area contributed by atoms with Crippen molar-refractivity contribution in [2.75, 3.05) is 6.61 Å². The second-order valence-corrected chi connectivity index (χ2v) is 4.76. The van der Waals surface area contributed by atoms with Crippen molar-refractivity contribution in [2.45, 2.75) is 19.5 Å². The molecule has 2 rings (SSSR count). The number of nitrogens with one attached hydrogen (secondary N) is 1. The van der Waals surface area contributed by atoms with E-state index in [2.05, 4.69) is 55.2 Å². The van der Waals surface area contributed by atoms with Crippen LogP contribution in [-0.4, -0.2) is 6.61 Å². The largest absolute Gasteiger partial charge is 0.490 e. The van der Waals surface area contributed by atoms with E-state index in [1.54, 1.807) is 6.08 Å². The lowest BCUT2D eigenvalue weighted by Gasteiger charge is -2.14. The van der Waals surface area contributed by atoms with Gasteiger partial charge in [0, 0.05) is 12.6 Å². The quantitative estimate of drug-likeness (QED) is 0.762. The molecule has 0 saturated carbocycles. The highest BCUT2D eigenvalue weighted by molar-refractivity contribution is 5.27. The Kier molecular flexibility index (Phi) is 5.39. The molecule has 0 saturated heterocycles. The smallest absolute Gasteiger partial charge is 0.119 e. The van der Waals surface area contributed by atoms with Gasteiger partial charge in [-0.05, 0) is 30.2 Å². The number of rotatable bonds is 7. The predicted molar refractivity (Wildman–Crippen MR) is 83.8 cm³/mol. The number of hydrogen-bond acceptors (Lipinski definition) is 2. The van der Waals surface area contributed by atoms with Gasteiger partial charge in [0.05, 0.1) is 0 Å². The van der Waals surface area contributed by atoms with Gasteiger partial charge in [-0.1, -0.05) is 55.1 Å². The molecule has 1 atom stereocenters. The summed E-state index contributed by atoms with van der Waals surface area (Å²) in [5.41, 5.74) is 2.55. The van der Waals surface area contributed by atoms with Crippen LogP contribution in [0.1, 0.15) is 24.1 Å². The molecule has 0 fully saturated rings. The summed E-state index contributed by atoms with van der Waals surface area (Å²) in [7, 11) is 0. The van der Waals surface area contributed by atoms with Gasteiger partial charge in [-0.25, -0.2) is 0 Å². The van der Waals surface area contributed by atoms with Crippen LogP contribution in [0.4, 0.5) is 0 Å². The summed E-state index contributed by atoms with van der Waals surface area (Å²) in [6.07, 6.45) is 1.75. The highest BCUT2D eigenvalue weighted by Crippen LogP contribution is 2.15. The Morgan fingerprint density at radius 2 is 1.80 bits per heavy atom. The molecule has 0 bridgehead atoms. The van der Waals surface area contributed by atoms with Crippen molar-refractivity contribution < 1.29 is 4.74 Å². The molecule has 0 amide bonds. The number of ether oxygens (including phenoxy) is 1. The van der Waals surface area contributed by atoms with E-state index in [1.807, 2.05) is 18.2 Å². The maximum Gasteiger partial charge on any atom is 0.119 e. The lowest BCUT2D eigenvalue weighted by molar-refractivity contribution is 0.363. The van der Waals surface area contributed by atoms with E-state index in [-0.39, 0.29) is 0 Å². The molecule has 20 heavy (non-hydrogen) atoms. The fourth-order valence-corrected chi connectivity index (χ4v) is 1.99. The van der Waals surface area contributed by atoms with Crippen molar-refractivity contribution >= 4 is 0 Å². The highest BCUT2D eigenvalue weighted by atomic mass is 16.5. The molecule has 1 N–H and O–H groups in total. The standard InChI is InChI=1S/C18H21NO/c1-3-13-20-18-11-9-16(10-12-18)14-19-15(2)17-7-5-4-6-8-17/h3-12,15,19H,1,13-14H2,2H3/t15-/m0/s1. The van der Waals surface area contributed by atoms with E-state index < -0.39 is 0 Å². The van der Waals surface area contributed by atoms with Crippen LogP contribution in [0.3, 0.4) is 0 Å². The third kappa shape index (κ3) is 4.25. The van der Waals surface area contributed by atoms with Crippen LogP contribution in [0.5, 0.6) is 5.75 Å². The Hall–Kier alpha value is -2.06. The van der Waals surface area contributed by atoms with Gasteiger partial charge in [0.25, 0.3) is 0 Å². The van der Waals surface area contributed by atoms with E-state index in [0.29, 0.717) is 12.6 Å². The zero-order valence-corrected chi connectivity index (χ0v) is 11.9. The summed E-state index contributed by atoms with van der Waals surface area (Å²) in [4.78, 5) is 0. The van der Waals surface area contributed by atoms with Gasteiger partial charge in [0.1, 0.15) is 12.4 Å². The lowest BCUT2D eigenvalue weighted by Crippen LogP contribution is -2.17. The highest BCUT2D eigenvalue weighted by Gasteiger charge is 2.03. The Bertz CT molecular complexity index is 519. The third-order valence-corrected chi connectivity index (χ3v) is 3.20. The minimum absolute atomic E-state index is 0.341. The summed E-state index contributed by atoms with van der Waals surface area (Å²) in [6.45, 7) is 7.20. The maximum absolute atomic E-state index is 5.47. The molecule has 2 aromatic rings. The molecule has 0 spiro atoms. The van der Waals surface area contributed by atoms with Crippen LogP contribution in [0, 0.1) is 0 Å². The van der Waals surface area contributed by atoms with Gasteiger partial charge in [0.15, 0.2) is 0 Å². The molecular formula is C18H21NO. The molecule has 2 aromatic carbocycles. The molecule has 2 heteroatoms. The minimum atomic E-state index is 0.341. The fourth-order valence-electron chi connectivity index (χ4n) is 1.99. The van der Waals surface area contributed by atoms with E-state index in [0.717, 1.165) is 12.3 Å². The zero-order chi connectivity index (χ0) is 14.2. The summed E-state index contributed by atoms with van der Waals surface area (Å²) in [5.74, 6) is 0.879. The molecule has 0 heterocycles. The predicted octanol–water partition coefficient (Wildman–Crippen LogP) is 4.10. The van der Waals surface area contributed by atoms with E-state index in [4.69, 9.17) is 4.74 Å². The van der Waals surface area contributed by atoms with Crippen molar-refractivity contribution in [3.8, 4) is 5.75 Å². The van der Waals surface area contributed by atoms with Crippen LogP contribution in [-0.2, 0) is 6.54 Å². The van der Waals surface area contributed by atoms with Crippen molar-refractivity contribution in [2.24, 2.45) is 0 Å². The maximum atomic E-state index is 5.47. The average molecular weight is 267 g/mol. The second-order valence-electron chi connectivity index (χ2n) is 4.76. The number of benzene rings is 2. The van der Waals surface area contributed by atoms with Crippen molar-refractivity contribution in [1.82, 2.24) is 5.32 Å². The van der Waals surface area contributed by atoms with Gasteiger partial charge in [0.2, 0.25) is 0 Å². The molecule has 0 aliphatic rings. The Morgan fingerprint density at radius 1 is 1.10 bits per heavy atom. The van der Waals surface area contributed by atoms with Gasteiger partial charge in [-0.15, -0.1) is 0 Å². The van der Waals surface area contributed by atoms with E-state index in [1.165, 1.54) is 11.1 Å². The Balaban J connectivity index is 1.86. The summed E-state index contributed by atoms with van der Waals surface area (Å²) in [5, 5.41) is 3.52. The van der Waals surface area contributed by atoms with Crippen molar-refractivity contribution in [3.63, 3.8) is 0 Å². The summed E-state index contributed by atoms with van der Waals surface area (Å²) >= 11 is 0. The first-order valence-electron chi connectivity index (χ1n) is 6.90. The Labute approximate surface area is 121 Å². The zero-order valence-electron chi connectivity index (χ0n) is 11.9. The second kappa shape index (κ2) is 7.51. The molecule has 0 radical (unpaired) electrons. The third-order valence-electron chi connectivity index (χ3n) is 3.20. The summed E-state index contributed by atoms with van der Waals surface area (Å²) < 4.78 is 5.47. The average Bonchev–Trinajstić information content (AvgIpc) is 2.52. The molecule has 2 nitrogen and oxygen atoms in total. The molecule has 0 unspecified atom stereocenters. The Morgan fingerprint density at radius 3 is 2.45 bits per heavy atom. The van der Waals surface area contributed by atoms with Crippen molar-refractivity contribution in [3.05, 3.63) is 78.4 Å². The lowest BCUT2D eigenvalue weighted by atomic mass is 10.1. The minimum Gasteiger partial charge on any atom is -0.490 e. The fraction of sp³-hybridized carbons (Fsp3) is 0.222. The van der Waals surface area contributed by atoms with Crippen molar-refractivity contribution in [1.29, 1.82) is 0 Å². The van der Waals surface area contributed by atoms with E-state index >= 15 is 0 Å². The topological polar surface area (TPSA) is 21.3 Å². The van der Waals surface area contributed by atoms with Gasteiger partial charge in [-0.2, -0.15) is 0 Å². The molecule has 104 valence electrons. The van der Waals surface area contributed by atoms with Gasteiger partial charge >= 0.3 is 0 Å². The molecule has 0 aromatic heterocycles. The monoisotopic (exact) mass is 267 g/mol. The first kappa shape index (κ1) is 14.4. The van der Waals surface area contributed by atoms with Gasteiger partial charge < -0.3 is 10.1 Å². The van der Waals surface area contributed by atoms with Crippen LogP contribution < -0.4 is 10.1 Å². The van der Waals surface area contributed by atoms with Crippen LogP contribution in [0.15, 0.2) is 67.3 Å². The van der Waals surface area contributed by atoms with Crippen LogP contribution in [0.2, 0.25) is 0 Å². The molecular weight excluding hydrogens is 246 g/mol. The first-order valence-corrected chi connectivity index (χ1v) is 6.90. The van der Waals surface area contributed by atoms with Gasteiger partial charge in [-0.3, -0.25) is 0 Å². The van der Waals surface area contributed by atoms with E-state index in [9.17, 15) is 0 Å². The number of hydrogen-bond donors (Lipinski definition) is 1.